The van der Waals surface area contributed by atoms with Crippen molar-refractivity contribution in [2.75, 3.05) is 11.6 Å². The minimum absolute atomic E-state index is 0.0534. The topological polar surface area (TPSA) is 75.3 Å². The lowest BCUT2D eigenvalue weighted by Crippen LogP contribution is -2.38. The summed E-state index contributed by atoms with van der Waals surface area (Å²) in [5, 5.41) is 2.84. The van der Waals surface area contributed by atoms with Gasteiger partial charge < -0.3 is 5.32 Å². The molecular formula is C18H26N2O3S2. The summed E-state index contributed by atoms with van der Waals surface area (Å²) in [6.45, 7) is 3.62. The first kappa shape index (κ1) is 18.7. The highest BCUT2D eigenvalue weighted by molar-refractivity contribution is 7.98. The molecule has 0 heterocycles. The molecule has 0 aliphatic heterocycles. The molecule has 7 heteroatoms. The molecule has 0 unspecified atom stereocenters. The predicted molar refractivity (Wildman–Crippen MR) is 101 cm³/mol. The van der Waals surface area contributed by atoms with Gasteiger partial charge in [0, 0.05) is 16.9 Å². The molecule has 2 saturated carbocycles. The van der Waals surface area contributed by atoms with Gasteiger partial charge in [0.2, 0.25) is 15.9 Å². The number of amides is 1. The number of carbonyl (C=O) groups excluding carboxylic acids is 1. The second-order valence-electron chi connectivity index (χ2n) is 7.41. The van der Waals surface area contributed by atoms with Crippen molar-refractivity contribution in [3.05, 3.63) is 18.2 Å². The van der Waals surface area contributed by atoms with Gasteiger partial charge in [-0.25, -0.2) is 13.1 Å². The Morgan fingerprint density at radius 1 is 1.24 bits per heavy atom. The lowest BCUT2D eigenvalue weighted by molar-refractivity contribution is -0.118. The Balaban J connectivity index is 1.82. The van der Waals surface area contributed by atoms with E-state index < -0.39 is 10.0 Å². The zero-order chi connectivity index (χ0) is 18.2. The fraction of sp³-hybridized carbons (Fsp3) is 0.611. The monoisotopic (exact) mass is 382 g/mol. The Morgan fingerprint density at radius 3 is 2.56 bits per heavy atom. The van der Waals surface area contributed by atoms with Crippen LogP contribution in [0.25, 0.3) is 0 Å². The third-order valence-electron chi connectivity index (χ3n) is 5.31. The van der Waals surface area contributed by atoms with E-state index in [4.69, 9.17) is 0 Å². The number of anilines is 1. The van der Waals surface area contributed by atoms with Gasteiger partial charge >= 0.3 is 0 Å². The number of nitrogens with one attached hydrogen (secondary N) is 2. The van der Waals surface area contributed by atoms with Crippen molar-refractivity contribution in [2.45, 2.75) is 55.4 Å². The van der Waals surface area contributed by atoms with Crippen LogP contribution in [0.1, 0.15) is 39.5 Å². The minimum atomic E-state index is -3.58. The highest BCUT2D eigenvalue weighted by Gasteiger charge is 2.41. The van der Waals surface area contributed by atoms with Gasteiger partial charge in [0.15, 0.2) is 0 Å². The van der Waals surface area contributed by atoms with Crippen molar-refractivity contribution in [2.24, 2.45) is 17.8 Å². The summed E-state index contributed by atoms with van der Waals surface area (Å²) < 4.78 is 28.5. The highest BCUT2D eigenvalue weighted by Crippen LogP contribution is 2.45. The van der Waals surface area contributed by atoms with Crippen LogP contribution in [0.4, 0.5) is 5.69 Å². The fourth-order valence-electron chi connectivity index (χ4n) is 3.89. The number of thioether (sulfide) groups is 1. The van der Waals surface area contributed by atoms with Gasteiger partial charge in [-0.3, -0.25) is 4.79 Å². The normalized spacial score (nSPS) is 25.5. The van der Waals surface area contributed by atoms with Gasteiger partial charge in [0.05, 0.1) is 10.6 Å². The van der Waals surface area contributed by atoms with E-state index >= 15 is 0 Å². The van der Waals surface area contributed by atoms with Crippen LogP contribution in [0.5, 0.6) is 0 Å². The lowest BCUT2D eigenvalue weighted by atomic mass is 9.96. The molecule has 3 rings (SSSR count). The number of rotatable bonds is 6. The van der Waals surface area contributed by atoms with E-state index in [1.807, 2.05) is 20.1 Å². The largest absolute Gasteiger partial charge is 0.325 e. The molecule has 2 aliphatic carbocycles. The molecular weight excluding hydrogens is 356 g/mol. The van der Waals surface area contributed by atoms with Crippen LogP contribution < -0.4 is 10.0 Å². The zero-order valence-electron chi connectivity index (χ0n) is 14.9. The first-order valence-electron chi connectivity index (χ1n) is 8.81. The number of sulfonamides is 1. The molecule has 5 nitrogen and oxygen atoms in total. The standard InChI is InChI=1S/C18H26N2O3S2/c1-11(2)18(21)19-16-10-14(6-7-17(16)24-3)25(22,23)20-15-9-12-4-5-13(15)8-12/h6-7,10-13,15,20H,4-5,8-9H2,1-3H3,(H,19,21)/t12-,13-,15+/m1/s1. The van der Waals surface area contributed by atoms with Gasteiger partial charge in [0.25, 0.3) is 0 Å². The Morgan fingerprint density at radius 2 is 2.00 bits per heavy atom. The lowest BCUT2D eigenvalue weighted by Gasteiger charge is -2.23. The molecule has 2 fully saturated rings. The van der Waals surface area contributed by atoms with E-state index in [-0.39, 0.29) is 22.8 Å². The smallest absolute Gasteiger partial charge is 0.240 e. The third kappa shape index (κ3) is 4.04. The van der Waals surface area contributed by atoms with E-state index in [0.29, 0.717) is 17.5 Å². The molecule has 1 aromatic carbocycles. The van der Waals surface area contributed by atoms with Crippen LogP contribution in [-0.4, -0.2) is 26.6 Å². The summed E-state index contributed by atoms with van der Waals surface area (Å²) in [7, 11) is -3.58. The van der Waals surface area contributed by atoms with E-state index in [1.54, 1.807) is 18.2 Å². The molecule has 0 radical (unpaired) electrons. The van der Waals surface area contributed by atoms with Crippen molar-refractivity contribution < 1.29 is 13.2 Å². The SMILES string of the molecule is CSc1ccc(S(=O)(=O)N[C@H]2C[C@@H]3CC[C@@H]2C3)cc1NC(=O)C(C)C. The quantitative estimate of drug-likeness (QED) is 0.739. The number of carbonyl (C=O) groups is 1. The maximum Gasteiger partial charge on any atom is 0.240 e. The van der Waals surface area contributed by atoms with Gasteiger partial charge in [0.1, 0.15) is 0 Å². The predicted octanol–water partition coefficient (Wildman–Crippen LogP) is 3.47. The van der Waals surface area contributed by atoms with Crippen LogP contribution in [0, 0.1) is 17.8 Å². The summed E-state index contributed by atoms with van der Waals surface area (Å²) in [5.74, 6) is 0.871. The summed E-state index contributed by atoms with van der Waals surface area (Å²) >= 11 is 1.48. The highest BCUT2D eigenvalue weighted by atomic mass is 32.2. The second kappa shape index (κ2) is 7.29. The maximum atomic E-state index is 12.8. The summed E-state index contributed by atoms with van der Waals surface area (Å²) in [6, 6.07) is 5.00. The second-order valence-corrected chi connectivity index (χ2v) is 9.97. The molecule has 0 spiro atoms. The third-order valence-corrected chi connectivity index (χ3v) is 7.59. The molecule has 2 N–H and O–H groups in total. The number of fused-ring (bicyclic) bond motifs is 2. The molecule has 0 aromatic heterocycles. The van der Waals surface area contributed by atoms with Crippen LogP contribution in [0.15, 0.2) is 28.0 Å². The van der Waals surface area contributed by atoms with Crippen molar-refractivity contribution >= 4 is 33.4 Å². The van der Waals surface area contributed by atoms with Gasteiger partial charge in [-0.1, -0.05) is 20.3 Å². The minimum Gasteiger partial charge on any atom is -0.325 e. The number of benzene rings is 1. The molecule has 3 atom stereocenters. The molecule has 2 aliphatic rings. The average molecular weight is 383 g/mol. The molecule has 138 valence electrons. The summed E-state index contributed by atoms with van der Waals surface area (Å²) in [5.41, 5.74) is 0.557. The molecule has 1 amide bonds. The van der Waals surface area contributed by atoms with Crippen molar-refractivity contribution in [3.63, 3.8) is 0 Å². The molecule has 25 heavy (non-hydrogen) atoms. The van der Waals surface area contributed by atoms with Crippen molar-refractivity contribution in [3.8, 4) is 0 Å². The number of hydrogen-bond donors (Lipinski definition) is 2. The Labute approximate surface area is 154 Å². The average Bonchev–Trinajstić information content (AvgIpc) is 3.17. The summed E-state index contributed by atoms with van der Waals surface area (Å²) in [6.07, 6.45) is 6.36. The Kier molecular flexibility index (Phi) is 5.46. The summed E-state index contributed by atoms with van der Waals surface area (Å²) in [4.78, 5) is 13.1. The first-order valence-corrected chi connectivity index (χ1v) is 11.5. The van der Waals surface area contributed by atoms with Crippen molar-refractivity contribution in [1.29, 1.82) is 0 Å². The van der Waals surface area contributed by atoms with Crippen LogP contribution in [0.2, 0.25) is 0 Å². The fourth-order valence-corrected chi connectivity index (χ4v) is 5.76. The molecule has 2 bridgehead atoms. The van der Waals surface area contributed by atoms with Gasteiger partial charge in [-0.15, -0.1) is 11.8 Å². The van der Waals surface area contributed by atoms with Crippen molar-refractivity contribution in [1.82, 2.24) is 4.72 Å². The van der Waals surface area contributed by atoms with E-state index in [0.717, 1.165) is 24.2 Å². The van der Waals surface area contributed by atoms with E-state index in [1.165, 1.54) is 18.2 Å². The number of hydrogen-bond acceptors (Lipinski definition) is 4. The van der Waals surface area contributed by atoms with Gasteiger partial charge in [-0.2, -0.15) is 0 Å². The van der Waals surface area contributed by atoms with Crippen LogP contribution >= 0.6 is 11.8 Å². The van der Waals surface area contributed by atoms with Gasteiger partial charge in [-0.05, 0) is 55.6 Å². The van der Waals surface area contributed by atoms with E-state index in [2.05, 4.69) is 10.0 Å². The maximum absolute atomic E-state index is 12.8. The molecule has 1 aromatic rings. The van der Waals surface area contributed by atoms with Crippen LogP contribution in [0.3, 0.4) is 0 Å². The zero-order valence-corrected chi connectivity index (χ0v) is 16.5. The molecule has 0 saturated heterocycles. The first-order chi connectivity index (χ1) is 11.8. The van der Waals surface area contributed by atoms with Crippen LogP contribution in [-0.2, 0) is 14.8 Å². The van der Waals surface area contributed by atoms with E-state index in [9.17, 15) is 13.2 Å². The Hall–Kier alpha value is -1.05. The Bertz CT molecular complexity index is 762.